The van der Waals surface area contributed by atoms with Crippen molar-refractivity contribution in [2.45, 2.75) is 77.0 Å². The van der Waals surface area contributed by atoms with Crippen LogP contribution in [0.1, 0.15) is 93.7 Å². The molecular weight excluding hydrogens is 343 g/mol. The molecule has 0 N–H and O–H groups in total. The third-order valence-electron chi connectivity index (χ3n) is 6.14. The van der Waals surface area contributed by atoms with E-state index in [1.165, 1.54) is 81.9 Å². The first-order chi connectivity index (χ1) is 13.7. The van der Waals surface area contributed by atoms with E-state index in [1.54, 1.807) is 12.1 Å². The van der Waals surface area contributed by atoms with Crippen LogP contribution in [0, 0.1) is 23.6 Å². The Hall–Kier alpha value is -2.07. The molecule has 0 saturated heterocycles. The fourth-order valence-corrected chi connectivity index (χ4v) is 4.34. The summed E-state index contributed by atoms with van der Waals surface area (Å²) in [5.74, 6) is 7.75. The van der Waals surface area contributed by atoms with Gasteiger partial charge in [-0.15, -0.1) is 0 Å². The van der Waals surface area contributed by atoms with Gasteiger partial charge in [-0.2, -0.15) is 0 Å². The van der Waals surface area contributed by atoms with Crippen LogP contribution in [0.3, 0.4) is 0 Å². The minimum absolute atomic E-state index is 0.221. The van der Waals surface area contributed by atoms with Crippen LogP contribution in [-0.2, 0) is 0 Å². The van der Waals surface area contributed by atoms with Crippen LogP contribution in [0.4, 0.5) is 4.39 Å². The van der Waals surface area contributed by atoms with Gasteiger partial charge in [-0.25, -0.2) is 4.39 Å². The lowest BCUT2D eigenvalue weighted by molar-refractivity contribution is 0.302. The summed E-state index contributed by atoms with van der Waals surface area (Å²) >= 11 is 0. The summed E-state index contributed by atoms with van der Waals surface area (Å²) in [7, 11) is 0. The number of unbranched alkanes of at least 4 members (excludes halogenated alkanes) is 4. The van der Waals surface area contributed by atoms with Crippen molar-refractivity contribution in [1.29, 1.82) is 0 Å². The second-order valence-corrected chi connectivity index (χ2v) is 8.30. The smallest absolute Gasteiger partial charge is 0.123 e. The van der Waals surface area contributed by atoms with Gasteiger partial charge in [-0.05, 0) is 79.5 Å². The zero-order chi connectivity index (χ0) is 19.6. The number of halogens is 1. The second-order valence-electron chi connectivity index (χ2n) is 8.30. The summed E-state index contributed by atoms with van der Waals surface area (Å²) in [6.07, 6.45) is 13.9. The van der Waals surface area contributed by atoms with Gasteiger partial charge in [0.15, 0.2) is 0 Å². The van der Waals surface area contributed by atoms with Gasteiger partial charge < -0.3 is 0 Å². The molecule has 148 valence electrons. The molecule has 0 bridgehead atoms. The van der Waals surface area contributed by atoms with E-state index in [0.717, 1.165) is 23.0 Å². The van der Waals surface area contributed by atoms with Crippen molar-refractivity contribution in [2.75, 3.05) is 0 Å². The number of hydrogen-bond acceptors (Lipinski definition) is 0. The average Bonchev–Trinajstić information content (AvgIpc) is 2.74. The van der Waals surface area contributed by atoms with Gasteiger partial charge in [0.05, 0.1) is 0 Å². The van der Waals surface area contributed by atoms with Crippen LogP contribution in [0.2, 0.25) is 0 Å². The highest BCUT2D eigenvalue weighted by atomic mass is 19.1. The first-order valence-corrected chi connectivity index (χ1v) is 11.1. The largest absolute Gasteiger partial charge is 0.207 e. The maximum Gasteiger partial charge on any atom is 0.123 e. The molecule has 1 fully saturated rings. The van der Waals surface area contributed by atoms with Gasteiger partial charge in [0, 0.05) is 11.1 Å². The van der Waals surface area contributed by atoms with Crippen molar-refractivity contribution in [3.8, 4) is 11.8 Å². The molecule has 1 heteroatoms. The minimum atomic E-state index is -0.221. The molecule has 0 heterocycles. The summed E-state index contributed by atoms with van der Waals surface area (Å²) in [6.45, 7) is 2.28. The van der Waals surface area contributed by atoms with Crippen LogP contribution in [-0.4, -0.2) is 0 Å². The molecule has 0 aliphatic heterocycles. The van der Waals surface area contributed by atoms with Crippen LogP contribution in [0.25, 0.3) is 0 Å². The quantitative estimate of drug-likeness (QED) is 0.341. The molecular formula is C27H33F. The number of rotatable bonds is 7. The van der Waals surface area contributed by atoms with Crippen LogP contribution in [0.15, 0.2) is 48.5 Å². The van der Waals surface area contributed by atoms with Crippen LogP contribution < -0.4 is 0 Å². The Kier molecular flexibility index (Phi) is 8.16. The van der Waals surface area contributed by atoms with Gasteiger partial charge in [-0.1, -0.05) is 69.4 Å². The molecule has 0 amide bonds. The highest BCUT2D eigenvalue weighted by Crippen LogP contribution is 2.37. The van der Waals surface area contributed by atoms with Crippen molar-refractivity contribution in [3.63, 3.8) is 0 Å². The van der Waals surface area contributed by atoms with E-state index in [9.17, 15) is 4.39 Å². The topological polar surface area (TPSA) is 0 Å². The van der Waals surface area contributed by atoms with E-state index in [-0.39, 0.29) is 5.82 Å². The molecule has 3 rings (SSSR count). The zero-order valence-electron chi connectivity index (χ0n) is 17.2. The normalized spacial score (nSPS) is 19.1. The summed E-state index contributed by atoms with van der Waals surface area (Å²) in [6, 6.07) is 15.1. The monoisotopic (exact) mass is 376 g/mol. The number of benzene rings is 2. The summed E-state index contributed by atoms with van der Waals surface area (Å²) in [4.78, 5) is 0. The lowest BCUT2D eigenvalue weighted by Crippen LogP contribution is -2.13. The van der Waals surface area contributed by atoms with Crippen molar-refractivity contribution in [2.24, 2.45) is 5.92 Å². The van der Waals surface area contributed by atoms with Gasteiger partial charge in [-0.3, -0.25) is 0 Å². The van der Waals surface area contributed by atoms with Crippen LogP contribution in [0.5, 0.6) is 0 Å². The zero-order valence-corrected chi connectivity index (χ0v) is 17.2. The minimum Gasteiger partial charge on any atom is -0.207 e. The van der Waals surface area contributed by atoms with E-state index < -0.39 is 0 Å². The highest BCUT2D eigenvalue weighted by Gasteiger charge is 2.21. The van der Waals surface area contributed by atoms with Gasteiger partial charge in [0.1, 0.15) is 5.82 Å². The predicted octanol–water partition coefficient (Wildman–Crippen LogP) is 7.86. The highest BCUT2D eigenvalue weighted by molar-refractivity contribution is 5.43. The van der Waals surface area contributed by atoms with Crippen molar-refractivity contribution in [1.82, 2.24) is 0 Å². The number of hydrogen-bond donors (Lipinski definition) is 0. The molecule has 28 heavy (non-hydrogen) atoms. The fourth-order valence-electron chi connectivity index (χ4n) is 4.34. The summed E-state index contributed by atoms with van der Waals surface area (Å²) in [5, 5.41) is 0. The molecule has 0 radical (unpaired) electrons. The van der Waals surface area contributed by atoms with E-state index in [0.29, 0.717) is 0 Å². The fraction of sp³-hybridized carbons (Fsp3) is 0.481. The van der Waals surface area contributed by atoms with E-state index >= 15 is 0 Å². The third-order valence-corrected chi connectivity index (χ3v) is 6.14. The van der Waals surface area contributed by atoms with Crippen molar-refractivity contribution >= 4 is 0 Å². The molecule has 2 aromatic rings. The first-order valence-electron chi connectivity index (χ1n) is 11.1. The molecule has 1 aliphatic rings. The summed E-state index contributed by atoms with van der Waals surface area (Å²) in [5.41, 5.74) is 3.33. The summed E-state index contributed by atoms with van der Waals surface area (Å²) < 4.78 is 13.0. The maximum absolute atomic E-state index is 13.0. The van der Waals surface area contributed by atoms with Crippen LogP contribution >= 0.6 is 0 Å². The van der Waals surface area contributed by atoms with E-state index in [2.05, 4.69) is 43.0 Å². The maximum atomic E-state index is 13.0. The standard InChI is InChI=1S/C27H33F/c1-2-3-4-5-6-7-22-10-16-25(17-11-22)26-18-12-23(13-19-26)8-9-24-14-20-27(28)21-15-24/h12-15,18-22,25H,2-7,10-11,16-17H2,1H3. The second kappa shape index (κ2) is 11.1. The Labute approximate surface area is 170 Å². The molecule has 0 nitrogen and oxygen atoms in total. The molecule has 0 aromatic heterocycles. The Balaban J connectivity index is 1.45. The molecule has 0 unspecified atom stereocenters. The molecule has 1 aliphatic carbocycles. The van der Waals surface area contributed by atoms with Gasteiger partial charge in [0.2, 0.25) is 0 Å². The lowest BCUT2D eigenvalue weighted by Gasteiger charge is -2.29. The molecule has 2 aromatic carbocycles. The van der Waals surface area contributed by atoms with Gasteiger partial charge in [0.25, 0.3) is 0 Å². The van der Waals surface area contributed by atoms with E-state index in [1.807, 2.05) is 0 Å². The first kappa shape index (κ1) is 20.7. The molecule has 0 spiro atoms. The van der Waals surface area contributed by atoms with Crippen molar-refractivity contribution < 1.29 is 4.39 Å². The van der Waals surface area contributed by atoms with E-state index in [4.69, 9.17) is 0 Å². The Morgan fingerprint density at radius 2 is 1.32 bits per heavy atom. The Bertz CT molecular complexity index is 753. The Morgan fingerprint density at radius 1 is 0.750 bits per heavy atom. The predicted molar refractivity (Wildman–Crippen MR) is 117 cm³/mol. The molecule has 1 saturated carbocycles. The lowest BCUT2D eigenvalue weighted by atomic mass is 9.77. The third kappa shape index (κ3) is 6.52. The average molecular weight is 377 g/mol. The van der Waals surface area contributed by atoms with Gasteiger partial charge >= 0.3 is 0 Å². The Morgan fingerprint density at radius 3 is 1.93 bits per heavy atom. The molecule has 0 atom stereocenters. The SMILES string of the molecule is CCCCCCCC1CCC(c2ccc(C#Cc3ccc(F)cc3)cc2)CC1. The van der Waals surface area contributed by atoms with Crippen molar-refractivity contribution in [3.05, 3.63) is 71.0 Å².